The number of carboxylic acids is 1. The number of rotatable bonds is 8. The zero-order valence-corrected chi connectivity index (χ0v) is 17.6. The molecule has 1 aromatic rings. The van der Waals surface area contributed by atoms with Crippen molar-refractivity contribution in [1.29, 1.82) is 5.26 Å². The first-order chi connectivity index (χ1) is 14.0. The molecule has 1 fully saturated rings. The molecule has 0 spiro atoms. The molecule has 1 amide bonds. The summed E-state index contributed by atoms with van der Waals surface area (Å²) in [4.78, 5) is 24.4. The maximum atomic E-state index is 13.1. The smallest absolute Gasteiger partial charge is 0.408 e. The largest absolute Gasteiger partial charge is 0.497 e. The van der Waals surface area contributed by atoms with Gasteiger partial charge in [-0.25, -0.2) is 9.59 Å². The van der Waals surface area contributed by atoms with Gasteiger partial charge in [-0.3, -0.25) is 4.90 Å². The SMILES string of the molecule is COc1ccc(CN([C@H]2C[C@@H](CC#N)N(C(=O)O)[C@H]2C(=O)O)S(=O)(=O)N(C)C)cc1. The van der Waals surface area contributed by atoms with Crippen LogP contribution in [0.4, 0.5) is 4.79 Å². The molecule has 0 aromatic heterocycles. The lowest BCUT2D eigenvalue weighted by molar-refractivity contribution is -0.143. The fourth-order valence-corrected chi connectivity index (χ4v) is 4.82. The van der Waals surface area contributed by atoms with Gasteiger partial charge in [-0.15, -0.1) is 0 Å². The summed E-state index contributed by atoms with van der Waals surface area (Å²) >= 11 is 0. The Morgan fingerprint density at radius 2 is 1.87 bits per heavy atom. The number of amides is 1. The van der Waals surface area contributed by atoms with Crippen molar-refractivity contribution < 1.29 is 33.0 Å². The summed E-state index contributed by atoms with van der Waals surface area (Å²) in [5.41, 5.74) is 0.566. The average molecular weight is 440 g/mol. The quantitative estimate of drug-likeness (QED) is 0.602. The van der Waals surface area contributed by atoms with Crippen molar-refractivity contribution in [2.45, 2.75) is 37.5 Å². The summed E-state index contributed by atoms with van der Waals surface area (Å²) in [6.45, 7) is -0.175. The molecule has 0 bridgehead atoms. The maximum Gasteiger partial charge on any atom is 0.408 e. The van der Waals surface area contributed by atoms with Crippen LogP contribution in [0.5, 0.6) is 5.75 Å². The predicted octanol–water partition coefficient (Wildman–Crippen LogP) is 0.791. The summed E-state index contributed by atoms with van der Waals surface area (Å²) in [5, 5.41) is 28.3. The molecule has 1 aliphatic heterocycles. The number of carboxylic acid groups (broad SMARTS) is 2. The van der Waals surface area contributed by atoms with Crippen molar-refractivity contribution in [3.8, 4) is 11.8 Å². The van der Waals surface area contributed by atoms with E-state index >= 15 is 0 Å². The number of hydrogen-bond donors (Lipinski definition) is 2. The van der Waals surface area contributed by atoms with Crippen LogP contribution in [0, 0.1) is 11.3 Å². The Balaban J connectivity index is 2.53. The lowest BCUT2D eigenvalue weighted by Gasteiger charge is -2.33. The van der Waals surface area contributed by atoms with Gasteiger partial charge in [0.05, 0.1) is 31.7 Å². The summed E-state index contributed by atoms with van der Waals surface area (Å²) in [6, 6.07) is 4.64. The monoisotopic (exact) mass is 440 g/mol. The number of hydrogen-bond acceptors (Lipinski definition) is 6. The number of nitriles is 1. The third-order valence-corrected chi connectivity index (χ3v) is 6.91. The standard InChI is InChI=1S/C18H24N4O7S/c1-20(2)30(27,28)21(11-12-4-6-14(29-3)7-5-12)15-10-13(8-9-19)22(18(25)26)16(15)17(23)24/h4-7,13,15-16H,8,10-11H2,1-3H3,(H,23,24)(H,25,26)/t13-,15+,16-/m1/s1. The van der Waals surface area contributed by atoms with Gasteiger partial charge in [0.2, 0.25) is 0 Å². The fraction of sp³-hybridized carbons (Fsp3) is 0.500. The van der Waals surface area contributed by atoms with Gasteiger partial charge >= 0.3 is 12.1 Å². The molecule has 30 heavy (non-hydrogen) atoms. The van der Waals surface area contributed by atoms with Crippen molar-refractivity contribution >= 4 is 22.3 Å². The molecular formula is C18H24N4O7S. The summed E-state index contributed by atoms with van der Waals surface area (Å²) in [6.07, 6.45) is -1.87. The van der Waals surface area contributed by atoms with Crippen LogP contribution in [0.2, 0.25) is 0 Å². The lowest BCUT2D eigenvalue weighted by atomic mass is 10.1. The zero-order valence-electron chi connectivity index (χ0n) is 16.8. The Bertz CT molecular complexity index is 927. The molecule has 164 valence electrons. The molecule has 1 aliphatic rings. The number of ether oxygens (including phenoxy) is 1. The lowest BCUT2D eigenvalue weighted by Crippen LogP contribution is -2.54. The van der Waals surface area contributed by atoms with E-state index < -0.39 is 40.4 Å². The molecule has 0 aliphatic carbocycles. The average Bonchev–Trinajstić information content (AvgIpc) is 3.06. The molecule has 1 aromatic carbocycles. The van der Waals surface area contributed by atoms with Crippen LogP contribution in [0.25, 0.3) is 0 Å². The van der Waals surface area contributed by atoms with Gasteiger partial charge in [-0.1, -0.05) is 12.1 Å². The Hall–Kier alpha value is -2.88. The van der Waals surface area contributed by atoms with Crippen LogP contribution in [-0.4, -0.2) is 83.5 Å². The van der Waals surface area contributed by atoms with Gasteiger partial charge in [0, 0.05) is 20.6 Å². The zero-order chi connectivity index (χ0) is 22.6. The van der Waals surface area contributed by atoms with Crippen LogP contribution in [0.1, 0.15) is 18.4 Å². The first-order valence-corrected chi connectivity index (χ1v) is 10.4. The molecule has 11 nitrogen and oxygen atoms in total. The van der Waals surface area contributed by atoms with Gasteiger partial charge in [-0.2, -0.15) is 22.3 Å². The van der Waals surface area contributed by atoms with E-state index in [1.807, 2.05) is 6.07 Å². The van der Waals surface area contributed by atoms with E-state index in [2.05, 4.69) is 0 Å². The van der Waals surface area contributed by atoms with Crippen LogP contribution >= 0.6 is 0 Å². The van der Waals surface area contributed by atoms with Gasteiger partial charge < -0.3 is 14.9 Å². The van der Waals surface area contributed by atoms with E-state index in [-0.39, 0.29) is 19.4 Å². The Kier molecular flexibility index (Phi) is 7.25. The third-order valence-electron chi connectivity index (χ3n) is 5.00. The Morgan fingerprint density at radius 1 is 1.27 bits per heavy atom. The van der Waals surface area contributed by atoms with Crippen LogP contribution in [0.15, 0.2) is 24.3 Å². The van der Waals surface area contributed by atoms with E-state index in [1.54, 1.807) is 24.3 Å². The number of aliphatic carboxylic acids is 1. The van der Waals surface area contributed by atoms with E-state index in [4.69, 9.17) is 10.00 Å². The first-order valence-electron chi connectivity index (χ1n) is 8.97. The second-order valence-corrected chi connectivity index (χ2v) is 9.07. The van der Waals surface area contributed by atoms with Gasteiger partial charge in [0.25, 0.3) is 10.2 Å². The highest BCUT2D eigenvalue weighted by Crippen LogP contribution is 2.34. The minimum atomic E-state index is -4.12. The van der Waals surface area contributed by atoms with E-state index in [0.29, 0.717) is 16.2 Å². The summed E-state index contributed by atoms with van der Waals surface area (Å²) in [7, 11) is -0.0143. The molecule has 0 radical (unpaired) electrons. The molecule has 1 saturated heterocycles. The number of likely N-dealkylation sites (tertiary alicyclic amines) is 1. The van der Waals surface area contributed by atoms with Crippen molar-refractivity contribution in [1.82, 2.24) is 13.5 Å². The summed E-state index contributed by atoms with van der Waals surface area (Å²) < 4.78 is 33.1. The number of methoxy groups -OCH3 is 1. The maximum absolute atomic E-state index is 13.1. The summed E-state index contributed by atoms with van der Waals surface area (Å²) in [5.74, 6) is -0.910. The molecule has 2 N–H and O–H groups in total. The Morgan fingerprint density at radius 3 is 2.30 bits per heavy atom. The third kappa shape index (κ3) is 4.64. The van der Waals surface area contributed by atoms with E-state index in [0.717, 1.165) is 8.61 Å². The highest BCUT2D eigenvalue weighted by atomic mass is 32.2. The highest BCUT2D eigenvalue weighted by Gasteiger charge is 2.52. The minimum Gasteiger partial charge on any atom is -0.497 e. The number of carbonyl (C=O) groups is 2. The van der Waals surface area contributed by atoms with Crippen molar-refractivity contribution in [2.75, 3.05) is 21.2 Å². The van der Waals surface area contributed by atoms with Crippen LogP contribution < -0.4 is 4.74 Å². The van der Waals surface area contributed by atoms with Crippen LogP contribution in [0.3, 0.4) is 0 Å². The van der Waals surface area contributed by atoms with Crippen molar-refractivity contribution in [3.63, 3.8) is 0 Å². The number of benzene rings is 1. The molecular weight excluding hydrogens is 416 g/mol. The fourth-order valence-electron chi connectivity index (χ4n) is 3.55. The minimum absolute atomic E-state index is 0.111. The Labute approximate surface area is 174 Å². The second-order valence-electron chi connectivity index (χ2n) is 6.98. The molecule has 2 rings (SSSR count). The van der Waals surface area contributed by atoms with Crippen LogP contribution in [-0.2, 0) is 21.5 Å². The van der Waals surface area contributed by atoms with Gasteiger partial charge in [0.15, 0.2) is 0 Å². The molecule has 3 atom stereocenters. The molecule has 12 heteroatoms. The molecule has 0 saturated carbocycles. The van der Waals surface area contributed by atoms with E-state index in [9.17, 15) is 28.2 Å². The predicted molar refractivity (Wildman–Crippen MR) is 105 cm³/mol. The second kappa shape index (κ2) is 9.29. The highest BCUT2D eigenvalue weighted by molar-refractivity contribution is 7.86. The number of nitrogens with zero attached hydrogens (tertiary/aromatic N) is 4. The normalized spacial score (nSPS) is 21.6. The van der Waals surface area contributed by atoms with Gasteiger partial charge in [0.1, 0.15) is 11.8 Å². The van der Waals surface area contributed by atoms with Crippen molar-refractivity contribution in [2.24, 2.45) is 0 Å². The van der Waals surface area contributed by atoms with Crippen molar-refractivity contribution in [3.05, 3.63) is 29.8 Å². The van der Waals surface area contributed by atoms with Gasteiger partial charge in [-0.05, 0) is 24.1 Å². The van der Waals surface area contributed by atoms with E-state index in [1.165, 1.54) is 21.2 Å². The molecule has 1 heterocycles. The molecule has 0 unspecified atom stereocenters. The topological polar surface area (TPSA) is 151 Å². The first kappa shape index (κ1) is 23.4.